The molecule has 6 nitrogen and oxygen atoms in total. The van der Waals surface area contributed by atoms with Crippen LogP contribution < -0.4 is 5.32 Å². The summed E-state index contributed by atoms with van der Waals surface area (Å²) in [6.07, 6.45) is 3.65. The predicted molar refractivity (Wildman–Crippen MR) is 81.7 cm³/mol. The second-order valence-corrected chi connectivity index (χ2v) is 8.83. The largest absolute Gasteiger partial charge is 0.302 e. The van der Waals surface area contributed by atoms with E-state index in [1.807, 2.05) is 0 Å². The van der Waals surface area contributed by atoms with Crippen LogP contribution >= 0.6 is 11.3 Å². The average molecular weight is 329 g/mol. The van der Waals surface area contributed by atoms with E-state index in [9.17, 15) is 13.2 Å². The molecular formula is C13H19N3O3S2. The molecule has 8 heteroatoms. The van der Waals surface area contributed by atoms with Gasteiger partial charge in [-0.1, -0.05) is 6.42 Å². The van der Waals surface area contributed by atoms with Crippen LogP contribution in [0.15, 0.2) is 0 Å². The fraction of sp³-hybridized carbons (Fsp3) is 0.692. The molecule has 0 unspecified atom stereocenters. The van der Waals surface area contributed by atoms with Crippen molar-refractivity contribution in [1.82, 2.24) is 9.29 Å². The molecule has 2 aliphatic rings. The first-order valence-corrected chi connectivity index (χ1v) is 9.69. The molecule has 0 radical (unpaired) electrons. The van der Waals surface area contributed by atoms with Crippen LogP contribution in [0.1, 0.15) is 36.8 Å². The lowest BCUT2D eigenvalue weighted by molar-refractivity contribution is -0.122. The third-order valence-electron chi connectivity index (χ3n) is 4.16. The zero-order chi connectivity index (χ0) is 15.0. The zero-order valence-electron chi connectivity index (χ0n) is 12.0. The second kappa shape index (κ2) is 5.66. The topological polar surface area (TPSA) is 79.4 Å². The Kier molecular flexibility index (Phi) is 4.02. The molecule has 1 amide bonds. The van der Waals surface area contributed by atoms with E-state index in [-0.39, 0.29) is 17.6 Å². The van der Waals surface area contributed by atoms with E-state index in [1.165, 1.54) is 15.6 Å². The number of nitrogens with zero attached hydrogens (tertiary/aromatic N) is 2. The summed E-state index contributed by atoms with van der Waals surface area (Å²) in [4.78, 5) is 17.3. The molecule has 0 aromatic carbocycles. The second-order valence-electron chi connectivity index (χ2n) is 5.49. The Hall–Kier alpha value is -0.990. The Bertz CT molecular complexity index is 650. The highest BCUT2D eigenvalue weighted by Crippen LogP contribution is 2.32. The molecule has 116 valence electrons. The van der Waals surface area contributed by atoms with E-state index in [2.05, 4.69) is 10.3 Å². The highest BCUT2D eigenvalue weighted by atomic mass is 32.2. The molecule has 0 spiro atoms. The van der Waals surface area contributed by atoms with Gasteiger partial charge >= 0.3 is 0 Å². The van der Waals surface area contributed by atoms with Crippen molar-refractivity contribution in [2.75, 3.05) is 17.6 Å². The molecule has 3 rings (SSSR count). The maximum atomic E-state index is 11.9. The lowest BCUT2D eigenvalue weighted by Crippen LogP contribution is -2.36. The number of aromatic nitrogens is 1. The summed E-state index contributed by atoms with van der Waals surface area (Å²) in [5.41, 5.74) is 0.923. The first-order valence-electron chi connectivity index (χ1n) is 7.27. The van der Waals surface area contributed by atoms with Crippen LogP contribution in [0.2, 0.25) is 0 Å². The van der Waals surface area contributed by atoms with Crippen molar-refractivity contribution in [1.29, 1.82) is 0 Å². The summed E-state index contributed by atoms with van der Waals surface area (Å²) < 4.78 is 25.4. The van der Waals surface area contributed by atoms with Crippen molar-refractivity contribution in [2.45, 2.75) is 39.2 Å². The summed E-state index contributed by atoms with van der Waals surface area (Å²) in [5.74, 6) is 0.292. The van der Waals surface area contributed by atoms with E-state index in [0.717, 1.165) is 29.8 Å². The van der Waals surface area contributed by atoms with Crippen molar-refractivity contribution in [3.8, 4) is 0 Å². The van der Waals surface area contributed by atoms with Crippen LogP contribution in [0.5, 0.6) is 0 Å². The van der Waals surface area contributed by atoms with Crippen molar-refractivity contribution in [2.24, 2.45) is 5.92 Å². The Morgan fingerprint density at radius 3 is 2.86 bits per heavy atom. The number of thiazole rings is 1. The quantitative estimate of drug-likeness (QED) is 0.910. The number of rotatable bonds is 4. The van der Waals surface area contributed by atoms with Gasteiger partial charge in [0.05, 0.1) is 11.4 Å². The first-order chi connectivity index (χ1) is 9.99. The summed E-state index contributed by atoms with van der Waals surface area (Å²) in [5, 5.41) is 3.47. The van der Waals surface area contributed by atoms with Gasteiger partial charge in [0, 0.05) is 30.3 Å². The Morgan fingerprint density at radius 1 is 1.48 bits per heavy atom. The summed E-state index contributed by atoms with van der Waals surface area (Å²) in [7, 11) is -3.16. The Morgan fingerprint density at radius 2 is 2.24 bits per heavy atom. The number of hydrogen-bond donors (Lipinski definition) is 1. The minimum Gasteiger partial charge on any atom is -0.302 e. The fourth-order valence-electron chi connectivity index (χ4n) is 2.52. The van der Waals surface area contributed by atoms with Crippen molar-refractivity contribution >= 4 is 32.4 Å². The third kappa shape index (κ3) is 2.97. The molecular weight excluding hydrogens is 310 g/mol. The van der Waals surface area contributed by atoms with Crippen molar-refractivity contribution < 1.29 is 13.2 Å². The van der Waals surface area contributed by atoms with Crippen LogP contribution in [-0.2, 0) is 27.8 Å². The van der Waals surface area contributed by atoms with Gasteiger partial charge in [-0.15, -0.1) is 11.3 Å². The standard InChI is InChI=1S/C13H19N3O3S2/c1-2-21(18,19)16-7-6-10-11(8-16)20-13(14-10)15-12(17)9-4-3-5-9/h9H,2-8H2,1H3,(H,14,15,17). The summed E-state index contributed by atoms with van der Waals surface area (Å²) >= 11 is 1.40. The minimum absolute atomic E-state index is 0.0467. The highest BCUT2D eigenvalue weighted by molar-refractivity contribution is 7.89. The average Bonchev–Trinajstić information content (AvgIpc) is 2.77. The fourth-order valence-corrected chi connectivity index (χ4v) is 4.69. The van der Waals surface area contributed by atoms with Gasteiger partial charge in [0.25, 0.3) is 0 Å². The molecule has 1 aromatic rings. The number of fused-ring (bicyclic) bond motifs is 1. The molecule has 1 aliphatic heterocycles. The number of hydrogen-bond acceptors (Lipinski definition) is 5. The highest BCUT2D eigenvalue weighted by Gasteiger charge is 2.29. The summed E-state index contributed by atoms with van der Waals surface area (Å²) in [6.45, 7) is 2.51. The van der Waals surface area contributed by atoms with E-state index in [0.29, 0.717) is 24.6 Å². The van der Waals surface area contributed by atoms with Gasteiger partial charge in [-0.25, -0.2) is 13.4 Å². The lowest BCUT2D eigenvalue weighted by atomic mass is 9.85. The third-order valence-corrected chi connectivity index (χ3v) is 6.99. The lowest BCUT2D eigenvalue weighted by Gasteiger charge is -2.24. The van der Waals surface area contributed by atoms with Gasteiger partial charge in [-0.05, 0) is 19.8 Å². The predicted octanol–water partition coefficient (Wildman–Crippen LogP) is 1.59. The molecule has 0 saturated heterocycles. The monoisotopic (exact) mass is 329 g/mol. The smallest absolute Gasteiger partial charge is 0.229 e. The van der Waals surface area contributed by atoms with Crippen LogP contribution in [0.3, 0.4) is 0 Å². The molecule has 1 fully saturated rings. The maximum absolute atomic E-state index is 11.9. The minimum atomic E-state index is -3.16. The van der Waals surface area contributed by atoms with Crippen LogP contribution in [-0.4, -0.2) is 35.9 Å². The number of carbonyl (C=O) groups is 1. The Labute approximate surface area is 128 Å². The number of amides is 1. The van der Waals surface area contributed by atoms with Gasteiger partial charge in [0.2, 0.25) is 15.9 Å². The number of anilines is 1. The van der Waals surface area contributed by atoms with E-state index >= 15 is 0 Å². The van der Waals surface area contributed by atoms with Crippen LogP contribution in [0.4, 0.5) is 5.13 Å². The number of carbonyl (C=O) groups excluding carboxylic acids is 1. The van der Waals surface area contributed by atoms with E-state index in [1.54, 1.807) is 6.92 Å². The van der Waals surface area contributed by atoms with Gasteiger partial charge < -0.3 is 5.32 Å². The van der Waals surface area contributed by atoms with Gasteiger partial charge in [0.1, 0.15) is 0 Å². The van der Waals surface area contributed by atoms with E-state index < -0.39 is 10.0 Å². The zero-order valence-corrected chi connectivity index (χ0v) is 13.6. The van der Waals surface area contributed by atoms with Gasteiger partial charge in [0.15, 0.2) is 5.13 Å². The normalized spacial score (nSPS) is 19.9. The van der Waals surface area contributed by atoms with Gasteiger partial charge in [-0.2, -0.15) is 4.31 Å². The molecule has 1 aliphatic carbocycles. The van der Waals surface area contributed by atoms with E-state index in [4.69, 9.17) is 0 Å². The van der Waals surface area contributed by atoms with Crippen molar-refractivity contribution in [3.05, 3.63) is 10.6 Å². The van der Waals surface area contributed by atoms with Crippen LogP contribution in [0, 0.1) is 5.92 Å². The molecule has 1 N–H and O–H groups in total. The molecule has 1 saturated carbocycles. The molecule has 0 atom stereocenters. The van der Waals surface area contributed by atoms with Gasteiger partial charge in [-0.3, -0.25) is 4.79 Å². The van der Waals surface area contributed by atoms with Crippen molar-refractivity contribution in [3.63, 3.8) is 0 Å². The summed E-state index contributed by atoms with van der Waals surface area (Å²) in [6, 6.07) is 0. The van der Waals surface area contributed by atoms with Crippen LogP contribution in [0.25, 0.3) is 0 Å². The molecule has 0 bridgehead atoms. The number of sulfonamides is 1. The molecule has 1 aromatic heterocycles. The Balaban J connectivity index is 1.71. The maximum Gasteiger partial charge on any atom is 0.229 e. The first kappa shape index (κ1) is 14.9. The SMILES string of the molecule is CCS(=O)(=O)N1CCc2nc(NC(=O)C3CCC3)sc2C1. The molecule has 2 heterocycles. The number of nitrogens with one attached hydrogen (secondary N) is 1. The molecule has 21 heavy (non-hydrogen) atoms.